The Balaban J connectivity index is 2.44. The Bertz CT molecular complexity index is 636. The molecule has 0 bridgehead atoms. The number of anilines is 1. The molecule has 2 N–H and O–H groups in total. The van der Waals surface area contributed by atoms with E-state index in [-0.39, 0.29) is 5.41 Å². The van der Waals surface area contributed by atoms with Gasteiger partial charge >= 0.3 is 0 Å². The summed E-state index contributed by atoms with van der Waals surface area (Å²) in [6.45, 7) is 6.36. The maximum atomic E-state index is 6.19. The summed E-state index contributed by atoms with van der Waals surface area (Å²) in [6, 6.07) is 7.73. The van der Waals surface area contributed by atoms with Gasteiger partial charge < -0.3 is 5.73 Å². The molecule has 20 heavy (non-hydrogen) atoms. The van der Waals surface area contributed by atoms with Crippen molar-refractivity contribution in [3.8, 4) is 0 Å². The van der Waals surface area contributed by atoms with Gasteiger partial charge in [0.05, 0.1) is 9.26 Å². The van der Waals surface area contributed by atoms with E-state index in [9.17, 15) is 0 Å². The van der Waals surface area contributed by atoms with E-state index >= 15 is 0 Å². The van der Waals surface area contributed by atoms with Crippen LogP contribution in [0.15, 0.2) is 24.3 Å². The molecule has 2 rings (SSSR count). The minimum Gasteiger partial charge on any atom is -0.383 e. The van der Waals surface area contributed by atoms with Crippen molar-refractivity contribution < 1.29 is 0 Å². The Morgan fingerprint density at radius 3 is 2.45 bits per heavy atom. The van der Waals surface area contributed by atoms with E-state index < -0.39 is 0 Å². The highest BCUT2D eigenvalue weighted by Gasteiger charge is 2.22. The second-order valence-electron chi connectivity index (χ2n) is 5.71. The predicted molar refractivity (Wildman–Crippen MR) is 92.1 cm³/mol. The number of nitrogen functional groups attached to an aromatic ring is 1. The number of nitrogens with two attached hydrogens (primary N) is 1. The highest BCUT2D eigenvalue weighted by molar-refractivity contribution is 14.1. The van der Waals surface area contributed by atoms with Gasteiger partial charge in [0, 0.05) is 16.9 Å². The Hall–Kier alpha value is -0.880. The van der Waals surface area contributed by atoms with Crippen molar-refractivity contribution in [2.24, 2.45) is 0 Å². The van der Waals surface area contributed by atoms with Gasteiger partial charge in [0.2, 0.25) is 0 Å². The van der Waals surface area contributed by atoms with Crippen molar-refractivity contribution in [2.75, 3.05) is 5.73 Å². The lowest BCUT2D eigenvalue weighted by Gasteiger charge is -2.21. The van der Waals surface area contributed by atoms with Crippen LogP contribution in [0.5, 0.6) is 0 Å². The molecule has 0 saturated carbocycles. The molecule has 1 aromatic carbocycles. The Morgan fingerprint density at radius 1 is 1.20 bits per heavy atom. The van der Waals surface area contributed by atoms with Crippen LogP contribution in [0.4, 0.5) is 5.82 Å². The van der Waals surface area contributed by atoms with E-state index in [1.165, 1.54) is 0 Å². The van der Waals surface area contributed by atoms with E-state index in [2.05, 4.69) is 53.3 Å². The predicted octanol–water partition coefficient (Wildman–Crippen LogP) is 4.21. The molecule has 0 aliphatic carbocycles. The largest absolute Gasteiger partial charge is 0.383 e. The van der Waals surface area contributed by atoms with Crippen molar-refractivity contribution in [1.82, 2.24) is 9.97 Å². The second-order valence-corrected chi connectivity index (χ2v) is 7.19. The zero-order chi connectivity index (χ0) is 14.9. The van der Waals surface area contributed by atoms with E-state index in [0.717, 1.165) is 19.9 Å². The van der Waals surface area contributed by atoms with Crippen LogP contribution in [0, 0.1) is 3.57 Å². The number of benzene rings is 1. The first-order valence-electron chi connectivity index (χ1n) is 6.35. The standard InChI is InChI=1S/C15H17ClIN3/c1-15(2,3)13-12(17)14(18)20-11(19-13)8-9-6-4-5-7-10(9)16/h4-7H,8H2,1-3H3,(H2,18,19,20). The SMILES string of the molecule is CC(C)(C)c1nc(Cc2ccccc2Cl)nc(N)c1I. The molecule has 0 fully saturated rings. The van der Waals surface area contributed by atoms with Crippen LogP contribution in [0.2, 0.25) is 5.02 Å². The third-order valence-electron chi connectivity index (χ3n) is 2.94. The zero-order valence-electron chi connectivity index (χ0n) is 11.7. The average Bonchev–Trinajstić information content (AvgIpc) is 2.35. The van der Waals surface area contributed by atoms with E-state index in [1.54, 1.807) is 0 Å². The molecular formula is C15H17ClIN3. The average molecular weight is 402 g/mol. The molecule has 1 aromatic heterocycles. The normalized spacial score (nSPS) is 11.7. The second kappa shape index (κ2) is 5.85. The van der Waals surface area contributed by atoms with Gasteiger partial charge in [0.1, 0.15) is 11.6 Å². The number of nitrogens with zero attached hydrogens (tertiary/aromatic N) is 2. The van der Waals surface area contributed by atoms with E-state index in [0.29, 0.717) is 18.1 Å². The molecule has 0 atom stereocenters. The molecule has 0 amide bonds. The van der Waals surface area contributed by atoms with Gasteiger partial charge in [0.25, 0.3) is 0 Å². The highest BCUT2D eigenvalue weighted by Crippen LogP contribution is 2.28. The molecule has 2 aromatic rings. The number of hydrogen-bond donors (Lipinski definition) is 1. The van der Waals surface area contributed by atoms with Gasteiger partial charge in [-0.15, -0.1) is 0 Å². The third-order valence-corrected chi connectivity index (χ3v) is 4.37. The van der Waals surface area contributed by atoms with Crippen LogP contribution in [0.3, 0.4) is 0 Å². The van der Waals surface area contributed by atoms with Crippen LogP contribution in [0.1, 0.15) is 37.9 Å². The third kappa shape index (κ3) is 3.41. The quantitative estimate of drug-likeness (QED) is 0.767. The number of halogens is 2. The Kier molecular flexibility index (Phi) is 4.54. The molecule has 3 nitrogen and oxygen atoms in total. The molecule has 0 aliphatic rings. The summed E-state index contributed by atoms with van der Waals surface area (Å²) >= 11 is 8.40. The summed E-state index contributed by atoms with van der Waals surface area (Å²) in [6.07, 6.45) is 0.587. The minimum absolute atomic E-state index is 0.0667. The fourth-order valence-electron chi connectivity index (χ4n) is 1.90. The first-order chi connectivity index (χ1) is 9.29. The van der Waals surface area contributed by atoms with Crippen molar-refractivity contribution >= 4 is 40.0 Å². The molecule has 0 spiro atoms. The summed E-state index contributed by atoms with van der Waals surface area (Å²) in [5.41, 5.74) is 7.94. The first-order valence-corrected chi connectivity index (χ1v) is 7.80. The first kappa shape index (κ1) is 15.5. The maximum Gasteiger partial charge on any atom is 0.140 e. The monoisotopic (exact) mass is 401 g/mol. The fraction of sp³-hybridized carbons (Fsp3) is 0.333. The molecule has 0 radical (unpaired) electrons. The smallest absolute Gasteiger partial charge is 0.140 e. The van der Waals surface area contributed by atoms with Crippen LogP contribution in [-0.2, 0) is 11.8 Å². The van der Waals surface area contributed by atoms with Crippen LogP contribution in [-0.4, -0.2) is 9.97 Å². The summed E-state index contributed by atoms with van der Waals surface area (Å²) in [5.74, 6) is 1.24. The molecule has 5 heteroatoms. The van der Waals surface area contributed by atoms with Crippen LogP contribution >= 0.6 is 34.2 Å². The minimum atomic E-state index is -0.0667. The molecule has 0 unspecified atom stereocenters. The van der Waals surface area contributed by atoms with Crippen LogP contribution in [0.25, 0.3) is 0 Å². The van der Waals surface area contributed by atoms with E-state index in [1.807, 2.05) is 24.3 Å². The van der Waals surface area contributed by atoms with E-state index in [4.69, 9.17) is 17.3 Å². The van der Waals surface area contributed by atoms with Crippen molar-refractivity contribution in [3.63, 3.8) is 0 Å². The van der Waals surface area contributed by atoms with Crippen molar-refractivity contribution in [3.05, 3.63) is 49.9 Å². The Morgan fingerprint density at radius 2 is 1.85 bits per heavy atom. The molecule has 0 saturated heterocycles. The zero-order valence-corrected chi connectivity index (χ0v) is 14.7. The lowest BCUT2D eigenvalue weighted by atomic mass is 9.92. The molecule has 0 aliphatic heterocycles. The molecular weight excluding hydrogens is 385 g/mol. The van der Waals surface area contributed by atoms with Crippen molar-refractivity contribution in [1.29, 1.82) is 0 Å². The summed E-state index contributed by atoms with van der Waals surface area (Å²) in [4.78, 5) is 9.07. The number of aromatic nitrogens is 2. The maximum absolute atomic E-state index is 6.19. The van der Waals surface area contributed by atoms with Crippen molar-refractivity contribution in [2.45, 2.75) is 32.6 Å². The lowest BCUT2D eigenvalue weighted by molar-refractivity contribution is 0.559. The summed E-state index contributed by atoms with van der Waals surface area (Å²) in [5, 5.41) is 0.727. The topological polar surface area (TPSA) is 51.8 Å². The highest BCUT2D eigenvalue weighted by atomic mass is 127. The van der Waals surface area contributed by atoms with Crippen LogP contribution < -0.4 is 5.73 Å². The van der Waals surface area contributed by atoms with Gasteiger partial charge in [-0.3, -0.25) is 0 Å². The van der Waals surface area contributed by atoms with Gasteiger partial charge in [-0.2, -0.15) is 0 Å². The van der Waals surface area contributed by atoms with Gasteiger partial charge in [-0.25, -0.2) is 9.97 Å². The number of rotatable bonds is 2. The lowest BCUT2D eigenvalue weighted by Crippen LogP contribution is -2.19. The summed E-state index contributed by atoms with van der Waals surface area (Å²) < 4.78 is 0.929. The molecule has 1 heterocycles. The number of hydrogen-bond acceptors (Lipinski definition) is 3. The van der Waals surface area contributed by atoms with Gasteiger partial charge in [0.15, 0.2) is 0 Å². The van der Waals surface area contributed by atoms with Gasteiger partial charge in [-0.1, -0.05) is 50.6 Å². The molecule has 106 valence electrons. The fourth-order valence-corrected chi connectivity index (χ4v) is 3.15. The van der Waals surface area contributed by atoms with Gasteiger partial charge in [-0.05, 0) is 34.2 Å². The Labute approximate surface area is 138 Å². The summed E-state index contributed by atoms with van der Waals surface area (Å²) in [7, 11) is 0.